The standard InChI is InChI=1S/C17H22N6OS/c1-12-13(2)22(10-11-24-4)17(18-12)25-14(3)16-19-20-21-23(16)15-8-6-5-7-9-15/h5-9,14H,10-11H2,1-4H3/t14-/m0/s1. The van der Waals surface area contributed by atoms with Gasteiger partial charge in [-0.15, -0.1) is 5.10 Å². The van der Waals surface area contributed by atoms with Crippen molar-refractivity contribution < 1.29 is 4.74 Å². The average Bonchev–Trinajstić information content (AvgIpc) is 3.20. The second kappa shape index (κ2) is 7.79. The van der Waals surface area contributed by atoms with Crippen LogP contribution in [-0.2, 0) is 11.3 Å². The molecule has 0 bridgehead atoms. The Morgan fingerprint density at radius 2 is 1.96 bits per heavy atom. The molecule has 0 aliphatic rings. The van der Waals surface area contributed by atoms with Gasteiger partial charge in [0.25, 0.3) is 0 Å². The molecule has 0 N–H and O–H groups in total. The molecule has 2 aromatic heterocycles. The number of aryl methyl sites for hydroxylation is 1. The van der Waals surface area contributed by atoms with Gasteiger partial charge in [0.05, 0.1) is 23.2 Å². The van der Waals surface area contributed by atoms with Crippen LogP contribution < -0.4 is 0 Å². The minimum atomic E-state index is 0.0534. The van der Waals surface area contributed by atoms with Crippen LogP contribution in [0.15, 0.2) is 35.5 Å². The molecule has 0 saturated carbocycles. The smallest absolute Gasteiger partial charge is 0.169 e. The van der Waals surface area contributed by atoms with Crippen molar-refractivity contribution in [1.82, 2.24) is 29.8 Å². The second-order valence-electron chi connectivity index (χ2n) is 5.75. The van der Waals surface area contributed by atoms with Gasteiger partial charge in [0.2, 0.25) is 0 Å². The molecule has 3 rings (SSSR count). The van der Waals surface area contributed by atoms with Crippen LogP contribution in [0.1, 0.15) is 29.4 Å². The molecule has 0 aliphatic carbocycles. The first-order chi connectivity index (χ1) is 12.1. The molecule has 0 radical (unpaired) electrons. The summed E-state index contributed by atoms with van der Waals surface area (Å²) in [5.41, 5.74) is 3.15. The molecule has 1 atom stereocenters. The maximum Gasteiger partial charge on any atom is 0.169 e. The highest BCUT2D eigenvalue weighted by Crippen LogP contribution is 2.34. The van der Waals surface area contributed by atoms with Gasteiger partial charge in [-0.05, 0) is 43.3 Å². The maximum absolute atomic E-state index is 5.22. The molecule has 7 nitrogen and oxygen atoms in total. The van der Waals surface area contributed by atoms with E-state index < -0.39 is 0 Å². The van der Waals surface area contributed by atoms with E-state index in [0.717, 1.165) is 34.6 Å². The largest absolute Gasteiger partial charge is 0.383 e. The minimum Gasteiger partial charge on any atom is -0.383 e. The van der Waals surface area contributed by atoms with Gasteiger partial charge in [-0.2, -0.15) is 4.68 Å². The summed E-state index contributed by atoms with van der Waals surface area (Å²) in [6.07, 6.45) is 0. The van der Waals surface area contributed by atoms with E-state index in [-0.39, 0.29) is 5.25 Å². The summed E-state index contributed by atoms with van der Waals surface area (Å²) in [5.74, 6) is 0.799. The van der Waals surface area contributed by atoms with Gasteiger partial charge < -0.3 is 9.30 Å². The van der Waals surface area contributed by atoms with E-state index in [2.05, 4.69) is 33.9 Å². The second-order valence-corrected chi connectivity index (χ2v) is 7.06. The highest BCUT2D eigenvalue weighted by molar-refractivity contribution is 7.99. The number of hydrogen-bond acceptors (Lipinski definition) is 6. The van der Waals surface area contributed by atoms with E-state index in [4.69, 9.17) is 9.72 Å². The zero-order valence-electron chi connectivity index (χ0n) is 14.9. The van der Waals surface area contributed by atoms with Gasteiger partial charge in [0.1, 0.15) is 0 Å². The highest BCUT2D eigenvalue weighted by Gasteiger charge is 2.21. The lowest BCUT2D eigenvalue weighted by molar-refractivity contribution is 0.184. The van der Waals surface area contributed by atoms with E-state index in [1.54, 1.807) is 23.6 Å². The molecule has 0 amide bonds. The van der Waals surface area contributed by atoms with Gasteiger partial charge in [-0.3, -0.25) is 0 Å². The molecule has 3 aromatic rings. The number of imidazole rings is 1. The molecule has 132 valence electrons. The van der Waals surface area contributed by atoms with E-state index in [1.165, 1.54) is 0 Å². The molecular formula is C17H22N6OS. The summed E-state index contributed by atoms with van der Waals surface area (Å²) in [6, 6.07) is 9.91. The predicted molar refractivity (Wildman–Crippen MR) is 97.0 cm³/mol. The summed E-state index contributed by atoms with van der Waals surface area (Å²) in [4.78, 5) is 4.71. The molecule has 2 heterocycles. The highest BCUT2D eigenvalue weighted by atomic mass is 32.2. The van der Waals surface area contributed by atoms with Crippen LogP contribution in [0.2, 0.25) is 0 Å². The summed E-state index contributed by atoms with van der Waals surface area (Å²) >= 11 is 1.66. The number of thioether (sulfide) groups is 1. The fourth-order valence-electron chi connectivity index (χ4n) is 2.57. The Bertz CT molecular complexity index is 829. The maximum atomic E-state index is 5.22. The first kappa shape index (κ1) is 17.6. The average molecular weight is 358 g/mol. The Morgan fingerprint density at radius 1 is 1.20 bits per heavy atom. The first-order valence-electron chi connectivity index (χ1n) is 8.14. The molecular weight excluding hydrogens is 336 g/mol. The zero-order valence-corrected chi connectivity index (χ0v) is 15.7. The first-order valence-corrected chi connectivity index (χ1v) is 9.02. The molecule has 25 heavy (non-hydrogen) atoms. The van der Waals surface area contributed by atoms with E-state index in [0.29, 0.717) is 6.61 Å². The zero-order chi connectivity index (χ0) is 17.8. The van der Waals surface area contributed by atoms with Gasteiger partial charge in [0.15, 0.2) is 11.0 Å². The summed E-state index contributed by atoms with van der Waals surface area (Å²) < 4.78 is 9.19. The van der Waals surface area contributed by atoms with Crippen LogP contribution >= 0.6 is 11.8 Å². The lowest BCUT2D eigenvalue weighted by Gasteiger charge is -2.13. The fourth-order valence-corrected chi connectivity index (χ4v) is 3.68. The van der Waals surface area contributed by atoms with Crippen molar-refractivity contribution in [2.24, 2.45) is 0 Å². The number of tetrazole rings is 1. The third-order valence-electron chi connectivity index (χ3n) is 4.08. The Labute approximate surface area is 151 Å². The Morgan fingerprint density at radius 3 is 2.68 bits per heavy atom. The van der Waals surface area contributed by atoms with Crippen LogP contribution in [0.4, 0.5) is 0 Å². The van der Waals surface area contributed by atoms with E-state index in [9.17, 15) is 0 Å². The lowest BCUT2D eigenvalue weighted by atomic mass is 10.3. The number of nitrogens with zero attached hydrogens (tertiary/aromatic N) is 6. The van der Waals surface area contributed by atoms with Gasteiger partial charge >= 0.3 is 0 Å². The van der Waals surface area contributed by atoms with Crippen molar-refractivity contribution >= 4 is 11.8 Å². The van der Waals surface area contributed by atoms with Gasteiger partial charge in [0, 0.05) is 19.3 Å². The van der Waals surface area contributed by atoms with Gasteiger partial charge in [-0.1, -0.05) is 30.0 Å². The van der Waals surface area contributed by atoms with Gasteiger partial charge in [-0.25, -0.2) is 4.98 Å². The molecule has 0 aliphatic heterocycles. The molecule has 0 fully saturated rings. The Kier molecular flexibility index (Phi) is 5.50. The molecule has 1 aromatic carbocycles. The summed E-state index contributed by atoms with van der Waals surface area (Å²) in [7, 11) is 1.71. The van der Waals surface area contributed by atoms with Crippen molar-refractivity contribution in [2.75, 3.05) is 13.7 Å². The van der Waals surface area contributed by atoms with Crippen molar-refractivity contribution in [1.29, 1.82) is 0 Å². The number of para-hydroxylation sites is 1. The van der Waals surface area contributed by atoms with Crippen LogP contribution in [0.25, 0.3) is 5.69 Å². The third-order valence-corrected chi connectivity index (χ3v) is 5.17. The normalized spacial score (nSPS) is 12.5. The number of aromatic nitrogens is 6. The van der Waals surface area contributed by atoms with Crippen LogP contribution in [0.3, 0.4) is 0 Å². The molecule has 8 heteroatoms. The number of benzene rings is 1. The SMILES string of the molecule is COCCn1c(S[C@@H](C)c2nnnn2-c2ccccc2)nc(C)c1C. The number of rotatable bonds is 7. The topological polar surface area (TPSA) is 70.7 Å². The monoisotopic (exact) mass is 358 g/mol. The predicted octanol–water partition coefficient (Wildman–Crippen LogP) is 2.98. The Hall–Kier alpha value is -2.19. The summed E-state index contributed by atoms with van der Waals surface area (Å²) in [5, 5.41) is 13.2. The number of ether oxygens (including phenoxy) is 1. The van der Waals surface area contributed by atoms with E-state index in [1.807, 2.05) is 37.3 Å². The summed E-state index contributed by atoms with van der Waals surface area (Å²) in [6.45, 7) is 7.64. The molecule has 0 saturated heterocycles. The number of methoxy groups -OCH3 is 1. The third kappa shape index (κ3) is 3.74. The van der Waals surface area contributed by atoms with Crippen molar-refractivity contribution in [3.8, 4) is 5.69 Å². The number of hydrogen-bond donors (Lipinski definition) is 0. The Balaban J connectivity index is 1.86. The molecule has 0 spiro atoms. The fraction of sp³-hybridized carbons (Fsp3) is 0.412. The van der Waals surface area contributed by atoms with Crippen molar-refractivity contribution in [3.05, 3.63) is 47.5 Å². The van der Waals surface area contributed by atoms with Crippen LogP contribution in [-0.4, -0.2) is 43.5 Å². The van der Waals surface area contributed by atoms with E-state index >= 15 is 0 Å². The van der Waals surface area contributed by atoms with Crippen molar-refractivity contribution in [3.63, 3.8) is 0 Å². The lowest BCUT2D eigenvalue weighted by Crippen LogP contribution is -2.09. The molecule has 0 unspecified atom stereocenters. The van der Waals surface area contributed by atoms with Crippen molar-refractivity contribution in [2.45, 2.75) is 37.7 Å². The van der Waals surface area contributed by atoms with Crippen LogP contribution in [0, 0.1) is 13.8 Å². The minimum absolute atomic E-state index is 0.0534. The van der Waals surface area contributed by atoms with Crippen LogP contribution in [0.5, 0.6) is 0 Å². The quantitative estimate of drug-likeness (QED) is 0.605.